The van der Waals surface area contributed by atoms with Gasteiger partial charge in [0.05, 0.1) is 28.4 Å². The first kappa shape index (κ1) is 17.1. The Morgan fingerprint density at radius 1 is 1.31 bits per heavy atom. The number of carbonyl (C=O) groups excluding carboxylic acids is 2. The SMILES string of the molecule is CC1=C(C(=O)Nc2cccnc2)C(c2cccc([N+](=O)[O-])c2)NC(=O)N1. The minimum atomic E-state index is -0.819. The Labute approximate surface area is 148 Å². The number of amides is 3. The van der Waals surface area contributed by atoms with Gasteiger partial charge in [-0.1, -0.05) is 12.1 Å². The summed E-state index contributed by atoms with van der Waals surface area (Å²) in [5.41, 5.74) is 1.43. The van der Waals surface area contributed by atoms with E-state index < -0.39 is 22.9 Å². The summed E-state index contributed by atoms with van der Waals surface area (Å²) in [6.07, 6.45) is 3.07. The number of urea groups is 1. The molecule has 1 unspecified atom stereocenters. The van der Waals surface area contributed by atoms with E-state index in [4.69, 9.17) is 0 Å². The summed E-state index contributed by atoms with van der Waals surface area (Å²) >= 11 is 0. The van der Waals surface area contributed by atoms with Gasteiger partial charge in [0.25, 0.3) is 11.6 Å². The van der Waals surface area contributed by atoms with Crippen LogP contribution < -0.4 is 16.0 Å². The molecule has 3 rings (SSSR count). The maximum atomic E-state index is 12.8. The van der Waals surface area contributed by atoms with E-state index in [1.807, 2.05) is 0 Å². The van der Waals surface area contributed by atoms with E-state index >= 15 is 0 Å². The monoisotopic (exact) mass is 353 g/mol. The number of nitrogens with one attached hydrogen (secondary N) is 3. The van der Waals surface area contributed by atoms with Gasteiger partial charge in [-0.15, -0.1) is 0 Å². The Balaban J connectivity index is 1.98. The Hall–Kier alpha value is -3.75. The van der Waals surface area contributed by atoms with Crippen molar-refractivity contribution in [2.75, 3.05) is 5.32 Å². The van der Waals surface area contributed by atoms with Gasteiger partial charge in [0.1, 0.15) is 0 Å². The van der Waals surface area contributed by atoms with Crippen LogP contribution in [0.1, 0.15) is 18.5 Å². The second kappa shape index (κ2) is 7.01. The zero-order valence-electron chi connectivity index (χ0n) is 13.7. The van der Waals surface area contributed by atoms with Crippen LogP contribution in [0.2, 0.25) is 0 Å². The number of allylic oxidation sites excluding steroid dienone is 1. The topological polar surface area (TPSA) is 126 Å². The highest BCUT2D eigenvalue weighted by Crippen LogP contribution is 2.29. The van der Waals surface area contributed by atoms with Crippen molar-refractivity contribution in [1.82, 2.24) is 15.6 Å². The van der Waals surface area contributed by atoms with Crippen molar-refractivity contribution in [3.8, 4) is 0 Å². The first-order valence-corrected chi connectivity index (χ1v) is 7.69. The molecule has 1 aliphatic heterocycles. The number of rotatable bonds is 4. The van der Waals surface area contributed by atoms with Crippen molar-refractivity contribution in [3.05, 3.63) is 75.7 Å². The Morgan fingerprint density at radius 3 is 2.81 bits per heavy atom. The van der Waals surface area contributed by atoms with E-state index in [-0.39, 0.29) is 11.3 Å². The lowest BCUT2D eigenvalue weighted by molar-refractivity contribution is -0.384. The third-order valence-electron chi connectivity index (χ3n) is 3.85. The van der Waals surface area contributed by atoms with Crippen molar-refractivity contribution in [2.45, 2.75) is 13.0 Å². The normalized spacial score (nSPS) is 16.5. The third kappa shape index (κ3) is 3.51. The summed E-state index contributed by atoms with van der Waals surface area (Å²) in [7, 11) is 0. The van der Waals surface area contributed by atoms with Gasteiger partial charge in [0.15, 0.2) is 0 Å². The zero-order chi connectivity index (χ0) is 18.7. The predicted octanol–water partition coefficient (Wildman–Crippen LogP) is 2.26. The molecule has 9 heteroatoms. The van der Waals surface area contributed by atoms with Gasteiger partial charge >= 0.3 is 6.03 Å². The van der Waals surface area contributed by atoms with Crippen molar-refractivity contribution in [2.24, 2.45) is 0 Å². The summed E-state index contributed by atoms with van der Waals surface area (Å²) in [6.45, 7) is 1.60. The standard InChI is InChI=1S/C17H15N5O4/c1-10-14(16(23)20-12-5-3-7-18-9-12)15(21-17(24)19-10)11-4-2-6-13(8-11)22(25)26/h2-9,15H,1H3,(H,20,23)(H2,19,21,24). The van der Waals surface area contributed by atoms with Crippen LogP contribution in [0.4, 0.5) is 16.2 Å². The molecule has 9 nitrogen and oxygen atoms in total. The Morgan fingerprint density at radius 2 is 2.12 bits per heavy atom. The van der Waals surface area contributed by atoms with Crippen molar-refractivity contribution in [3.63, 3.8) is 0 Å². The lowest BCUT2D eigenvalue weighted by atomic mass is 9.94. The number of nitro benzene ring substituents is 1. The second-order valence-corrected chi connectivity index (χ2v) is 5.62. The fourth-order valence-corrected chi connectivity index (χ4v) is 2.70. The van der Waals surface area contributed by atoms with Gasteiger partial charge in [0.2, 0.25) is 0 Å². The number of aromatic nitrogens is 1. The van der Waals surface area contributed by atoms with Gasteiger partial charge in [-0.25, -0.2) is 4.79 Å². The van der Waals surface area contributed by atoms with Crippen LogP contribution in [-0.2, 0) is 4.79 Å². The van der Waals surface area contributed by atoms with Crippen molar-refractivity contribution >= 4 is 23.3 Å². The number of carbonyl (C=O) groups is 2. The first-order chi connectivity index (χ1) is 12.5. The summed E-state index contributed by atoms with van der Waals surface area (Å²) in [4.78, 5) is 39.1. The quantitative estimate of drug-likeness (QED) is 0.574. The third-order valence-corrected chi connectivity index (χ3v) is 3.85. The van der Waals surface area contributed by atoms with Crippen LogP contribution in [0.15, 0.2) is 60.1 Å². The van der Waals surface area contributed by atoms with E-state index in [0.717, 1.165) is 0 Å². The van der Waals surface area contributed by atoms with Gasteiger partial charge in [-0.2, -0.15) is 0 Å². The highest BCUT2D eigenvalue weighted by atomic mass is 16.6. The molecule has 1 aromatic carbocycles. The molecule has 0 fully saturated rings. The molecule has 1 aliphatic rings. The van der Waals surface area contributed by atoms with Crippen LogP contribution in [0, 0.1) is 10.1 Å². The number of hydrogen-bond acceptors (Lipinski definition) is 5. The maximum Gasteiger partial charge on any atom is 0.319 e. The molecule has 2 aromatic rings. The number of hydrogen-bond donors (Lipinski definition) is 3. The van der Waals surface area contributed by atoms with Crippen LogP contribution in [-0.4, -0.2) is 21.8 Å². The average molecular weight is 353 g/mol. The minimum absolute atomic E-state index is 0.125. The van der Waals surface area contributed by atoms with Crippen molar-refractivity contribution < 1.29 is 14.5 Å². The molecule has 0 bridgehead atoms. The molecule has 0 aliphatic carbocycles. The molecule has 3 amide bonds. The first-order valence-electron chi connectivity index (χ1n) is 7.69. The number of nitrogens with zero attached hydrogens (tertiary/aromatic N) is 2. The maximum absolute atomic E-state index is 12.8. The molecular weight excluding hydrogens is 338 g/mol. The molecule has 2 heterocycles. The Kier molecular flexibility index (Phi) is 4.61. The van der Waals surface area contributed by atoms with Crippen LogP contribution in [0.3, 0.4) is 0 Å². The molecular formula is C17H15N5O4. The fourth-order valence-electron chi connectivity index (χ4n) is 2.70. The van der Waals surface area contributed by atoms with Gasteiger partial charge in [0, 0.05) is 24.0 Å². The van der Waals surface area contributed by atoms with Gasteiger partial charge in [-0.3, -0.25) is 19.9 Å². The van der Waals surface area contributed by atoms with Crippen LogP contribution in [0.25, 0.3) is 0 Å². The molecule has 1 aromatic heterocycles. The molecule has 0 saturated carbocycles. The summed E-state index contributed by atoms with van der Waals surface area (Å²) in [6, 6.07) is 7.85. The van der Waals surface area contributed by atoms with E-state index in [9.17, 15) is 19.7 Å². The number of pyridine rings is 1. The molecule has 132 valence electrons. The smallest absolute Gasteiger partial charge is 0.319 e. The molecule has 1 atom stereocenters. The molecule has 3 N–H and O–H groups in total. The largest absolute Gasteiger partial charge is 0.327 e. The van der Waals surface area contributed by atoms with Gasteiger partial charge in [-0.05, 0) is 24.6 Å². The zero-order valence-corrected chi connectivity index (χ0v) is 13.7. The van der Waals surface area contributed by atoms with E-state index in [2.05, 4.69) is 20.9 Å². The average Bonchev–Trinajstić information content (AvgIpc) is 2.61. The highest BCUT2D eigenvalue weighted by Gasteiger charge is 2.31. The predicted molar refractivity (Wildman–Crippen MR) is 93.1 cm³/mol. The Bertz CT molecular complexity index is 910. The summed E-state index contributed by atoms with van der Waals surface area (Å²) in [5.74, 6) is -0.445. The summed E-state index contributed by atoms with van der Waals surface area (Å²) in [5, 5.41) is 18.9. The molecule has 0 spiro atoms. The lowest BCUT2D eigenvalue weighted by Crippen LogP contribution is -2.46. The molecule has 26 heavy (non-hydrogen) atoms. The molecule has 0 radical (unpaired) electrons. The number of benzene rings is 1. The number of anilines is 1. The lowest BCUT2D eigenvalue weighted by Gasteiger charge is -2.28. The number of non-ortho nitro benzene ring substituents is 1. The van der Waals surface area contributed by atoms with E-state index in [1.165, 1.54) is 24.4 Å². The fraction of sp³-hybridized carbons (Fsp3) is 0.118. The minimum Gasteiger partial charge on any atom is -0.327 e. The summed E-state index contributed by atoms with van der Waals surface area (Å²) < 4.78 is 0. The number of nitro groups is 1. The van der Waals surface area contributed by atoms with E-state index in [1.54, 1.807) is 31.3 Å². The van der Waals surface area contributed by atoms with Crippen LogP contribution >= 0.6 is 0 Å². The highest BCUT2D eigenvalue weighted by molar-refractivity contribution is 6.06. The van der Waals surface area contributed by atoms with Crippen LogP contribution in [0.5, 0.6) is 0 Å². The van der Waals surface area contributed by atoms with E-state index in [0.29, 0.717) is 16.9 Å². The van der Waals surface area contributed by atoms with Gasteiger partial charge < -0.3 is 16.0 Å². The second-order valence-electron chi connectivity index (χ2n) is 5.62. The van der Waals surface area contributed by atoms with Crippen molar-refractivity contribution in [1.29, 1.82) is 0 Å². The molecule has 0 saturated heterocycles.